The molecule has 1 aliphatic carbocycles. The molecule has 0 atom stereocenters. The normalized spacial score (nSPS) is 21.1. The largest absolute Gasteiger partial charge is 0.389 e. The van der Waals surface area contributed by atoms with Crippen molar-refractivity contribution in [2.75, 3.05) is 18.8 Å². The Morgan fingerprint density at radius 2 is 2.05 bits per heavy atom. The molecular formula is C16H23N3S. The number of rotatable bonds is 2. The monoisotopic (exact) mass is 289 g/mol. The SMILES string of the molecule is N#Cc1c(N)sc2c1CCCN(CC1CCCCC1)C2. The first kappa shape index (κ1) is 13.9. The van der Waals surface area contributed by atoms with E-state index in [-0.39, 0.29) is 0 Å². The van der Waals surface area contributed by atoms with Gasteiger partial charge in [-0.3, -0.25) is 4.90 Å². The molecule has 0 unspecified atom stereocenters. The number of fused-ring (bicyclic) bond motifs is 1. The van der Waals surface area contributed by atoms with Crippen LogP contribution in [0, 0.1) is 17.2 Å². The summed E-state index contributed by atoms with van der Waals surface area (Å²) in [5.74, 6) is 0.887. The Kier molecular flexibility index (Phi) is 4.28. The Morgan fingerprint density at radius 3 is 2.80 bits per heavy atom. The number of nitrogens with zero attached hydrogens (tertiary/aromatic N) is 2. The van der Waals surface area contributed by atoms with Gasteiger partial charge in [-0.05, 0) is 43.7 Å². The molecular weight excluding hydrogens is 266 g/mol. The summed E-state index contributed by atoms with van der Waals surface area (Å²) in [6, 6.07) is 2.29. The van der Waals surface area contributed by atoms with Gasteiger partial charge in [0.15, 0.2) is 0 Å². The van der Waals surface area contributed by atoms with Gasteiger partial charge in [0.25, 0.3) is 0 Å². The maximum Gasteiger partial charge on any atom is 0.104 e. The molecule has 2 aliphatic rings. The molecule has 1 aliphatic heterocycles. The zero-order valence-corrected chi connectivity index (χ0v) is 12.8. The topological polar surface area (TPSA) is 53.1 Å². The summed E-state index contributed by atoms with van der Waals surface area (Å²) in [6.45, 7) is 3.41. The fourth-order valence-corrected chi connectivity index (χ4v) is 4.81. The predicted molar refractivity (Wildman–Crippen MR) is 83.6 cm³/mol. The van der Waals surface area contributed by atoms with Crippen molar-refractivity contribution >= 4 is 16.3 Å². The van der Waals surface area contributed by atoms with Crippen LogP contribution in [0.2, 0.25) is 0 Å². The van der Waals surface area contributed by atoms with E-state index in [0.29, 0.717) is 0 Å². The van der Waals surface area contributed by atoms with Gasteiger partial charge in [-0.1, -0.05) is 19.3 Å². The summed E-state index contributed by atoms with van der Waals surface area (Å²) in [4.78, 5) is 3.94. The molecule has 0 saturated heterocycles. The fraction of sp³-hybridized carbons (Fsp3) is 0.688. The van der Waals surface area contributed by atoms with E-state index >= 15 is 0 Å². The molecule has 2 N–H and O–H groups in total. The molecule has 0 radical (unpaired) electrons. The summed E-state index contributed by atoms with van der Waals surface area (Å²) < 4.78 is 0. The maximum atomic E-state index is 9.25. The smallest absolute Gasteiger partial charge is 0.104 e. The highest BCUT2D eigenvalue weighted by Crippen LogP contribution is 2.35. The van der Waals surface area contributed by atoms with Gasteiger partial charge in [-0.15, -0.1) is 11.3 Å². The van der Waals surface area contributed by atoms with E-state index in [1.807, 2.05) is 0 Å². The van der Waals surface area contributed by atoms with E-state index in [9.17, 15) is 5.26 Å². The van der Waals surface area contributed by atoms with Crippen LogP contribution in [0.4, 0.5) is 5.00 Å². The first-order valence-electron chi connectivity index (χ1n) is 7.80. The van der Waals surface area contributed by atoms with Crippen LogP contribution in [0.15, 0.2) is 0 Å². The maximum absolute atomic E-state index is 9.25. The highest BCUT2D eigenvalue weighted by atomic mass is 32.1. The second-order valence-electron chi connectivity index (χ2n) is 6.20. The summed E-state index contributed by atoms with van der Waals surface area (Å²) >= 11 is 1.63. The van der Waals surface area contributed by atoms with Crippen LogP contribution in [-0.4, -0.2) is 18.0 Å². The van der Waals surface area contributed by atoms with Crippen molar-refractivity contribution in [3.05, 3.63) is 16.0 Å². The lowest BCUT2D eigenvalue weighted by Crippen LogP contribution is -2.30. The molecule has 2 heterocycles. The highest BCUT2D eigenvalue weighted by Gasteiger charge is 2.24. The first-order chi connectivity index (χ1) is 9.78. The molecule has 1 saturated carbocycles. The Hall–Kier alpha value is -1.05. The second kappa shape index (κ2) is 6.15. The van der Waals surface area contributed by atoms with Crippen molar-refractivity contribution in [2.24, 2.45) is 5.92 Å². The van der Waals surface area contributed by atoms with E-state index in [1.54, 1.807) is 11.3 Å². The number of hydrogen-bond acceptors (Lipinski definition) is 4. The standard InChI is InChI=1S/C16H23N3S/c17-9-14-13-7-4-8-19(11-15(13)20-16(14)18)10-12-5-2-1-3-6-12/h12H,1-8,10-11,18H2. The van der Waals surface area contributed by atoms with Crippen molar-refractivity contribution in [2.45, 2.75) is 51.5 Å². The Labute approximate surface area is 125 Å². The average molecular weight is 289 g/mol. The number of nitrogen functional groups attached to an aromatic ring is 1. The molecule has 1 aromatic rings. The second-order valence-corrected chi connectivity index (χ2v) is 7.33. The van der Waals surface area contributed by atoms with Crippen molar-refractivity contribution in [1.29, 1.82) is 5.26 Å². The third-order valence-corrected chi connectivity index (χ3v) is 5.79. The van der Waals surface area contributed by atoms with E-state index < -0.39 is 0 Å². The van der Waals surface area contributed by atoms with Gasteiger partial charge in [0.2, 0.25) is 0 Å². The molecule has 108 valence electrons. The van der Waals surface area contributed by atoms with Gasteiger partial charge in [0.1, 0.15) is 11.1 Å². The first-order valence-corrected chi connectivity index (χ1v) is 8.62. The van der Waals surface area contributed by atoms with E-state index in [2.05, 4.69) is 11.0 Å². The fourth-order valence-electron chi connectivity index (χ4n) is 3.70. The number of nitriles is 1. The summed E-state index contributed by atoms with van der Waals surface area (Å²) in [5, 5.41) is 9.96. The minimum atomic E-state index is 0.719. The van der Waals surface area contributed by atoms with Gasteiger partial charge in [0, 0.05) is 18.0 Å². The van der Waals surface area contributed by atoms with E-state index in [4.69, 9.17) is 5.73 Å². The van der Waals surface area contributed by atoms with E-state index in [1.165, 1.54) is 55.6 Å². The molecule has 3 rings (SSSR count). The van der Waals surface area contributed by atoms with Crippen molar-refractivity contribution < 1.29 is 0 Å². The summed E-state index contributed by atoms with van der Waals surface area (Å²) in [7, 11) is 0. The average Bonchev–Trinajstić information content (AvgIpc) is 2.62. The third kappa shape index (κ3) is 2.84. The lowest BCUT2D eigenvalue weighted by molar-refractivity contribution is 0.197. The van der Waals surface area contributed by atoms with Gasteiger partial charge in [-0.2, -0.15) is 5.26 Å². The van der Waals surface area contributed by atoms with Gasteiger partial charge in [0.05, 0.1) is 5.56 Å². The van der Waals surface area contributed by atoms with Crippen LogP contribution in [0.3, 0.4) is 0 Å². The van der Waals surface area contributed by atoms with Crippen molar-refractivity contribution in [3.63, 3.8) is 0 Å². The van der Waals surface area contributed by atoms with Crippen LogP contribution in [0.25, 0.3) is 0 Å². The Morgan fingerprint density at radius 1 is 1.25 bits per heavy atom. The molecule has 1 aromatic heterocycles. The van der Waals surface area contributed by atoms with Crippen LogP contribution >= 0.6 is 11.3 Å². The molecule has 0 spiro atoms. The van der Waals surface area contributed by atoms with Crippen LogP contribution in [0.5, 0.6) is 0 Å². The predicted octanol–water partition coefficient (Wildman–Crippen LogP) is 3.53. The van der Waals surface area contributed by atoms with Gasteiger partial charge < -0.3 is 5.73 Å². The van der Waals surface area contributed by atoms with Crippen LogP contribution < -0.4 is 5.73 Å². The summed E-state index contributed by atoms with van der Waals surface area (Å²) in [6.07, 6.45) is 9.23. The minimum absolute atomic E-state index is 0.719. The van der Waals surface area contributed by atoms with Crippen LogP contribution in [0.1, 0.15) is 54.5 Å². The van der Waals surface area contributed by atoms with Crippen molar-refractivity contribution in [3.8, 4) is 6.07 Å². The summed E-state index contributed by atoms with van der Waals surface area (Å²) in [5.41, 5.74) is 7.98. The lowest BCUT2D eigenvalue weighted by Gasteiger charge is -2.28. The Bertz CT molecular complexity index is 509. The number of nitrogens with two attached hydrogens (primary N) is 1. The zero-order chi connectivity index (χ0) is 13.9. The van der Waals surface area contributed by atoms with E-state index in [0.717, 1.165) is 35.9 Å². The van der Waals surface area contributed by atoms with Gasteiger partial charge in [-0.25, -0.2) is 0 Å². The lowest BCUT2D eigenvalue weighted by atomic mass is 9.89. The third-order valence-electron chi connectivity index (χ3n) is 4.74. The molecule has 1 fully saturated rings. The molecule has 20 heavy (non-hydrogen) atoms. The van der Waals surface area contributed by atoms with Crippen LogP contribution in [-0.2, 0) is 13.0 Å². The number of hydrogen-bond donors (Lipinski definition) is 1. The molecule has 3 nitrogen and oxygen atoms in total. The quantitative estimate of drug-likeness (QED) is 0.906. The minimum Gasteiger partial charge on any atom is -0.389 e. The number of thiophene rings is 1. The van der Waals surface area contributed by atoms with Gasteiger partial charge >= 0.3 is 0 Å². The van der Waals surface area contributed by atoms with Crippen molar-refractivity contribution in [1.82, 2.24) is 4.90 Å². The zero-order valence-electron chi connectivity index (χ0n) is 12.0. The highest BCUT2D eigenvalue weighted by molar-refractivity contribution is 7.16. The number of anilines is 1. The molecule has 4 heteroatoms. The Balaban J connectivity index is 1.71. The molecule has 0 bridgehead atoms. The molecule has 0 amide bonds. The molecule has 0 aromatic carbocycles.